The standard InChI is InChI=1S/C11H10N4/c1-14-9-4-2-3-5-10(9)15-11(14)8(6-12)7-13-15/h2-5,7-8,11H,1H3. The first kappa shape index (κ1) is 8.30. The zero-order valence-corrected chi connectivity index (χ0v) is 8.33. The second-order valence-corrected chi connectivity index (χ2v) is 3.78. The van der Waals surface area contributed by atoms with Crippen molar-refractivity contribution >= 4 is 17.6 Å². The largest absolute Gasteiger partial charge is 0.350 e. The van der Waals surface area contributed by atoms with Crippen molar-refractivity contribution in [3.05, 3.63) is 24.3 Å². The van der Waals surface area contributed by atoms with Crippen LogP contribution in [0, 0.1) is 17.2 Å². The minimum atomic E-state index is -0.151. The van der Waals surface area contributed by atoms with E-state index in [9.17, 15) is 0 Å². The third-order valence-corrected chi connectivity index (χ3v) is 2.98. The Morgan fingerprint density at radius 1 is 1.33 bits per heavy atom. The highest BCUT2D eigenvalue weighted by Gasteiger charge is 2.42. The summed E-state index contributed by atoms with van der Waals surface area (Å²) in [5.41, 5.74) is 2.22. The van der Waals surface area contributed by atoms with Crippen molar-refractivity contribution in [1.82, 2.24) is 0 Å². The molecule has 0 saturated carbocycles. The van der Waals surface area contributed by atoms with Gasteiger partial charge < -0.3 is 4.90 Å². The van der Waals surface area contributed by atoms with Gasteiger partial charge in [-0.2, -0.15) is 10.4 Å². The molecule has 0 aromatic heterocycles. The van der Waals surface area contributed by atoms with Gasteiger partial charge in [0.15, 0.2) is 0 Å². The number of rotatable bonds is 0. The summed E-state index contributed by atoms with van der Waals surface area (Å²) >= 11 is 0. The second-order valence-electron chi connectivity index (χ2n) is 3.78. The van der Waals surface area contributed by atoms with Crippen molar-refractivity contribution in [1.29, 1.82) is 5.26 Å². The van der Waals surface area contributed by atoms with E-state index < -0.39 is 0 Å². The molecule has 74 valence electrons. The summed E-state index contributed by atoms with van der Waals surface area (Å²) in [6, 6.07) is 10.3. The topological polar surface area (TPSA) is 42.6 Å². The molecule has 15 heavy (non-hydrogen) atoms. The van der Waals surface area contributed by atoms with Crippen LogP contribution in [0.25, 0.3) is 0 Å². The molecule has 0 N–H and O–H groups in total. The number of hydrogen-bond acceptors (Lipinski definition) is 4. The molecule has 2 heterocycles. The summed E-state index contributed by atoms with van der Waals surface area (Å²) < 4.78 is 0. The molecular formula is C11H10N4. The van der Waals surface area contributed by atoms with Gasteiger partial charge in [0.1, 0.15) is 12.1 Å². The Bertz CT molecular complexity index is 474. The SMILES string of the molecule is CN1c2ccccc2N2N=CC(C#N)C12. The van der Waals surface area contributed by atoms with E-state index in [2.05, 4.69) is 22.1 Å². The van der Waals surface area contributed by atoms with Gasteiger partial charge in [-0.25, -0.2) is 5.01 Å². The number of hydrogen-bond donors (Lipinski definition) is 0. The van der Waals surface area contributed by atoms with Crippen molar-refractivity contribution in [3.8, 4) is 6.07 Å². The van der Waals surface area contributed by atoms with Gasteiger partial charge in [0.2, 0.25) is 0 Å². The molecule has 2 aliphatic heterocycles. The lowest BCUT2D eigenvalue weighted by Crippen LogP contribution is -2.40. The van der Waals surface area contributed by atoms with Crippen LogP contribution in [0.4, 0.5) is 11.4 Å². The minimum Gasteiger partial charge on any atom is -0.350 e. The average molecular weight is 198 g/mol. The van der Waals surface area contributed by atoms with Crippen LogP contribution in [0.2, 0.25) is 0 Å². The molecular weight excluding hydrogens is 188 g/mol. The zero-order chi connectivity index (χ0) is 10.4. The number of hydrazone groups is 1. The Morgan fingerprint density at radius 2 is 2.07 bits per heavy atom. The van der Waals surface area contributed by atoms with Gasteiger partial charge in [0.25, 0.3) is 0 Å². The summed E-state index contributed by atoms with van der Waals surface area (Å²) in [5.74, 6) is -0.151. The molecule has 2 atom stereocenters. The molecule has 0 bridgehead atoms. The Balaban J connectivity index is 2.12. The highest BCUT2D eigenvalue weighted by atomic mass is 15.6. The van der Waals surface area contributed by atoms with Crippen LogP contribution in [-0.4, -0.2) is 19.4 Å². The van der Waals surface area contributed by atoms with E-state index >= 15 is 0 Å². The number of anilines is 2. The molecule has 0 spiro atoms. The maximum Gasteiger partial charge on any atom is 0.144 e. The fourth-order valence-corrected chi connectivity index (χ4v) is 2.25. The summed E-state index contributed by atoms with van der Waals surface area (Å²) in [6.07, 6.45) is 1.75. The van der Waals surface area contributed by atoms with Crippen molar-refractivity contribution in [2.75, 3.05) is 17.0 Å². The number of nitrogens with zero attached hydrogens (tertiary/aromatic N) is 4. The van der Waals surface area contributed by atoms with Gasteiger partial charge in [-0.05, 0) is 12.1 Å². The predicted octanol–water partition coefficient (Wildman–Crippen LogP) is 1.41. The average Bonchev–Trinajstić information content (AvgIpc) is 2.81. The van der Waals surface area contributed by atoms with Crippen molar-refractivity contribution in [2.24, 2.45) is 11.0 Å². The normalized spacial score (nSPS) is 26.4. The summed E-state index contributed by atoms with van der Waals surface area (Å²) in [5, 5.41) is 15.2. The molecule has 0 saturated heterocycles. The molecule has 3 rings (SSSR count). The first-order valence-corrected chi connectivity index (χ1v) is 4.88. The minimum absolute atomic E-state index is 0.0346. The Kier molecular flexibility index (Phi) is 1.51. The Hall–Kier alpha value is -2.02. The predicted molar refractivity (Wildman–Crippen MR) is 58.7 cm³/mol. The van der Waals surface area contributed by atoms with Gasteiger partial charge in [-0.1, -0.05) is 12.1 Å². The second kappa shape index (κ2) is 2.74. The van der Waals surface area contributed by atoms with Gasteiger partial charge in [0.05, 0.1) is 17.4 Å². The van der Waals surface area contributed by atoms with Crippen LogP contribution < -0.4 is 9.91 Å². The molecule has 0 aliphatic carbocycles. The maximum atomic E-state index is 9.02. The summed E-state index contributed by atoms with van der Waals surface area (Å²) in [4.78, 5) is 2.11. The first-order chi connectivity index (χ1) is 7.33. The van der Waals surface area contributed by atoms with E-state index in [0.29, 0.717) is 0 Å². The van der Waals surface area contributed by atoms with E-state index in [1.54, 1.807) is 6.21 Å². The Labute approximate surface area is 88.0 Å². The highest BCUT2D eigenvalue weighted by Crippen LogP contribution is 2.42. The molecule has 2 unspecified atom stereocenters. The highest BCUT2D eigenvalue weighted by molar-refractivity contribution is 5.84. The van der Waals surface area contributed by atoms with Crippen LogP contribution >= 0.6 is 0 Å². The van der Waals surface area contributed by atoms with Crippen LogP contribution in [0.15, 0.2) is 29.4 Å². The lowest BCUT2D eigenvalue weighted by Gasteiger charge is -2.23. The molecule has 1 aromatic rings. The van der Waals surface area contributed by atoms with Gasteiger partial charge >= 0.3 is 0 Å². The third kappa shape index (κ3) is 0.922. The molecule has 0 amide bonds. The number of benzene rings is 1. The summed E-state index contributed by atoms with van der Waals surface area (Å²) in [6.45, 7) is 0. The van der Waals surface area contributed by atoms with Crippen molar-refractivity contribution in [2.45, 2.75) is 6.17 Å². The smallest absolute Gasteiger partial charge is 0.144 e. The first-order valence-electron chi connectivity index (χ1n) is 4.88. The third-order valence-electron chi connectivity index (χ3n) is 2.98. The quantitative estimate of drug-likeness (QED) is 0.633. The van der Waals surface area contributed by atoms with Crippen LogP contribution in [0.1, 0.15) is 0 Å². The van der Waals surface area contributed by atoms with E-state index in [1.165, 1.54) is 0 Å². The molecule has 1 aromatic carbocycles. The summed E-state index contributed by atoms with van der Waals surface area (Å²) in [7, 11) is 2.00. The van der Waals surface area contributed by atoms with E-state index in [1.807, 2.05) is 30.3 Å². The van der Waals surface area contributed by atoms with E-state index in [4.69, 9.17) is 5.26 Å². The van der Waals surface area contributed by atoms with E-state index in [0.717, 1.165) is 11.4 Å². The lowest BCUT2D eigenvalue weighted by molar-refractivity contribution is 0.619. The van der Waals surface area contributed by atoms with Gasteiger partial charge in [-0.15, -0.1) is 0 Å². The Morgan fingerprint density at radius 3 is 2.80 bits per heavy atom. The molecule has 0 radical (unpaired) electrons. The van der Waals surface area contributed by atoms with Crippen LogP contribution in [0.5, 0.6) is 0 Å². The molecule has 0 fully saturated rings. The monoisotopic (exact) mass is 198 g/mol. The maximum absolute atomic E-state index is 9.02. The lowest BCUT2D eigenvalue weighted by atomic mass is 10.1. The fourth-order valence-electron chi connectivity index (χ4n) is 2.25. The number of para-hydroxylation sites is 2. The molecule has 4 nitrogen and oxygen atoms in total. The molecule has 4 heteroatoms. The number of nitriles is 1. The van der Waals surface area contributed by atoms with Gasteiger partial charge in [0, 0.05) is 13.3 Å². The van der Waals surface area contributed by atoms with E-state index in [-0.39, 0.29) is 12.1 Å². The zero-order valence-electron chi connectivity index (χ0n) is 8.33. The van der Waals surface area contributed by atoms with Crippen molar-refractivity contribution < 1.29 is 0 Å². The van der Waals surface area contributed by atoms with Crippen LogP contribution in [0.3, 0.4) is 0 Å². The number of fused-ring (bicyclic) bond motifs is 3. The van der Waals surface area contributed by atoms with Gasteiger partial charge in [-0.3, -0.25) is 0 Å². The molecule has 2 aliphatic rings. The van der Waals surface area contributed by atoms with Crippen LogP contribution in [-0.2, 0) is 0 Å². The van der Waals surface area contributed by atoms with Crippen molar-refractivity contribution in [3.63, 3.8) is 0 Å². The fraction of sp³-hybridized carbons (Fsp3) is 0.273.